The van der Waals surface area contributed by atoms with E-state index in [1.54, 1.807) is 0 Å². The molecule has 0 saturated heterocycles. The summed E-state index contributed by atoms with van der Waals surface area (Å²) in [6.45, 7) is 3.94. The average molecular weight is 392 g/mol. The van der Waals surface area contributed by atoms with E-state index in [0.29, 0.717) is 11.0 Å². The first-order chi connectivity index (χ1) is 13.5. The lowest BCUT2D eigenvalue weighted by Gasteiger charge is -2.11. The zero-order valence-corrected chi connectivity index (χ0v) is 16.4. The smallest absolute Gasteiger partial charge is 0.234 e. The van der Waals surface area contributed by atoms with Crippen molar-refractivity contribution in [2.75, 3.05) is 16.9 Å². The van der Waals surface area contributed by atoms with Gasteiger partial charge in [0.2, 0.25) is 11.1 Å². The number of anilines is 1. The number of amides is 1. The maximum Gasteiger partial charge on any atom is 0.234 e. The van der Waals surface area contributed by atoms with E-state index < -0.39 is 0 Å². The fourth-order valence-electron chi connectivity index (χ4n) is 3.07. The van der Waals surface area contributed by atoms with Crippen LogP contribution in [0.1, 0.15) is 11.1 Å². The standard InChI is InChI=1S/C20H20N6OS/c1-12-6-5-7-13(2)18(12)23-17(27)11-28-20-25-24-19(26(20)21)16-10-14-8-3-4-9-15(14)22-16/h3-10,22H,11,21H2,1-2H3,(H,23,27). The molecule has 0 radical (unpaired) electrons. The molecular formula is C20H20N6OS. The molecule has 0 aliphatic carbocycles. The second kappa shape index (κ2) is 7.40. The number of hydrogen-bond acceptors (Lipinski definition) is 5. The molecule has 0 bridgehead atoms. The number of nitrogen functional groups attached to an aromatic ring is 1. The summed E-state index contributed by atoms with van der Waals surface area (Å²) in [5, 5.41) is 12.8. The van der Waals surface area contributed by atoms with Gasteiger partial charge in [0.15, 0.2) is 5.82 Å². The van der Waals surface area contributed by atoms with Gasteiger partial charge in [-0.1, -0.05) is 48.2 Å². The van der Waals surface area contributed by atoms with Crippen LogP contribution in [0, 0.1) is 13.8 Å². The molecule has 8 heteroatoms. The van der Waals surface area contributed by atoms with Gasteiger partial charge >= 0.3 is 0 Å². The van der Waals surface area contributed by atoms with Gasteiger partial charge in [-0.25, -0.2) is 4.68 Å². The van der Waals surface area contributed by atoms with Crippen molar-refractivity contribution >= 4 is 34.3 Å². The van der Waals surface area contributed by atoms with Crippen LogP contribution < -0.4 is 11.2 Å². The lowest BCUT2D eigenvalue weighted by atomic mass is 10.1. The summed E-state index contributed by atoms with van der Waals surface area (Å²) in [7, 11) is 0. The van der Waals surface area contributed by atoms with E-state index in [2.05, 4.69) is 20.5 Å². The van der Waals surface area contributed by atoms with Gasteiger partial charge in [0.1, 0.15) is 0 Å². The van der Waals surface area contributed by atoms with Crippen LogP contribution in [0.4, 0.5) is 5.69 Å². The van der Waals surface area contributed by atoms with Gasteiger partial charge in [-0.15, -0.1) is 10.2 Å². The molecule has 0 fully saturated rings. The van der Waals surface area contributed by atoms with Crippen LogP contribution in [0.5, 0.6) is 0 Å². The van der Waals surface area contributed by atoms with Crippen molar-refractivity contribution in [3.63, 3.8) is 0 Å². The van der Waals surface area contributed by atoms with Crippen LogP contribution in [0.2, 0.25) is 0 Å². The van der Waals surface area contributed by atoms with Crippen molar-refractivity contribution in [2.24, 2.45) is 0 Å². The number of H-pyrrole nitrogens is 1. The summed E-state index contributed by atoms with van der Waals surface area (Å²) >= 11 is 1.25. The molecule has 0 aliphatic rings. The second-order valence-corrected chi connectivity index (χ2v) is 7.49. The number of hydrogen-bond donors (Lipinski definition) is 3. The summed E-state index contributed by atoms with van der Waals surface area (Å²) in [6, 6.07) is 15.8. The van der Waals surface area contributed by atoms with E-state index in [-0.39, 0.29) is 11.7 Å². The number of carbonyl (C=O) groups is 1. The minimum absolute atomic E-state index is 0.113. The van der Waals surface area contributed by atoms with Crippen LogP contribution in [0.25, 0.3) is 22.4 Å². The van der Waals surface area contributed by atoms with Gasteiger partial charge in [0.25, 0.3) is 0 Å². The van der Waals surface area contributed by atoms with Crippen molar-refractivity contribution in [1.82, 2.24) is 19.9 Å². The van der Waals surface area contributed by atoms with Gasteiger partial charge < -0.3 is 16.1 Å². The monoisotopic (exact) mass is 392 g/mol. The first kappa shape index (κ1) is 18.1. The molecule has 0 spiro atoms. The average Bonchev–Trinajstić information content (AvgIpc) is 3.26. The number of aryl methyl sites for hydroxylation is 2. The Hall–Kier alpha value is -3.26. The predicted octanol–water partition coefficient (Wildman–Crippen LogP) is 3.49. The maximum atomic E-state index is 12.4. The summed E-state index contributed by atoms with van der Waals surface area (Å²) in [5.41, 5.74) is 4.69. The topological polar surface area (TPSA) is 102 Å². The highest BCUT2D eigenvalue weighted by Crippen LogP contribution is 2.25. The number of nitrogens with one attached hydrogen (secondary N) is 2. The van der Waals surface area contributed by atoms with Crippen molar-refractivity contribution in [3.8, 4) is 11.5 Å². The molecular weight excluding hydrogens is 372 g/mol. The Bertz CT molecular complexity index is 1110. The number of rotatable bonds is 5. The highest BCUT2D eigenvalue weighted by molar-refractivity contribution is 7.99. The first-order valence-electron chi connectivity index (χ1n) is 8.80. The highest BCUT2D eigenvalue weighted by atomic mass is 32.2. The van der Waals surface area contributed by atoms with Crippen LogP contribution in [-0.2, 0) is 4.79 Å². The Balaban J connectivity index is 1.47. The summed E-state index contributed by atoms with van der Waals surface area (Å²) in [6.07, 6.45) is 0. The zero-order chi connectivity index (χ0) is 19.7. The molecule has 0 unspecified atom stereocenters. The lowest BCUT2D eigenvalue weighted by Crippen LogP contribution is -2.17. The maximum absolute atomic E-state index is 12.4. The quantitative estimate of drug-likeness (QED) is 0.356. The van der Waals surface area contributed by atoms with Gasteiger partial charge in [-0.2, -0.15) is 0 Å². The molecule has 7 nitrogen and oxygen atoms in total. The highest BCUT2D eigenvalue weighted by Gasteiger charge is 2.16. The number of aromatic amines is 1. The molecule has 2 aromatic heterocycles. The number of nitrogens with two attached hydrogens (primary N) is 1. The van der Waals surface area contributed by atoms with E-state index >= 15 is 0 Å². The van der Waals surface area contributed by atoms with Gasteiger partial charge in [-0.3, -0.25) is 4.79 Å². The first-order valence-corrected chi connectivity index (χ1v) is 9.79. The van der Waals surface area contributed by atoms with Crippen LogP contribution >= 0.6 is 11.8 Å². The molecule has 1 amide bonds. The van der Waals surface area contributed by atoms with E-state index in [9.17, 15) is 4.79 Å². The summed E-state index contributed by atoms with van der Waals surface area (Å²) < 4.78 is 1.40. The third-order valence-corrected chi connectivity index (χ3v) is 5.46. The molecule has 0 aliphatic heterocycles. The summed E-state index contributed by atoms with van der Waals surface area (Å²) in [5.74, 6) is 6.76. The number of nitrogens with zero attached hydrogens (tertiary/aromatic N) is 3. The van der Waals surface area contributed by atoms with E-state index in [1.165, 1.54) is 16.4 Å². The van der Waals surface area contributed by atoms with Crippen molar-refractivity contribution in [2.45, 2.75) is 19.0 Å². The number of benzene rings is 2. The Morgan fingerprint density at radius 1 is 1.14 bits per heavy atom. The molecule has 142 valence electrons. The fourth-order valence-corrected chi connectivity index (χ4v) is 3.73. The number of carbonyl (C=O) groups excluding carboxylic acids is 1. The normalized spacial score (nSPS) is 11.1. The number of para-hydroxylation sites is 2. The molecule has 28 heavy (non-hydrogen) atoms. The Morgan fingerprint density at radius 3 is 2.64 bits per heavy atom. The van der Waals surface area contributed by atoms with E-state index in [1.807, 2.05) is 62.4 Å². The second-order valence-electron chi connectivity index (χ2n) is 6.55. The van der Waals surface area contributed by atoms with Gasteiger partial charge in [0.05, 0.1) is 11.4 Å². The third-order valence-electron chi connectivity index (χ3n) is 4.51. The van der Waals surface area contributed by atoms with Crippen LogP contribution in [-0.4, -0.2) is 31.5 Å². The Morgan fingerprint density at radius 2 is 1.89 bits per heavy atom. The number of thioether (sulfide) groups is 1. The molecule has 2 aromatic carbocycles. The largest absolute Gasteiger partial charge is 0.352 e. The van der Waals surface area contributed by atoms with Gasteiger partial charge in [0, 0.05) is 16.6 Å². The molecule has 4 N–H and O–H groups in total. The Kier molecular flexibility index (Phi) is 4.79. The molecule has 2 heterocycles. The minimum atomic E-state index is -0.113. The summed E-state index contributed by atoms with van der Waals surface area (Å²) in [4.78, 5) is 15.6. The molecule has 4 aromatic rings. The van der Waals surface area contributed by atoms with E-state index in [0.717, 1.165) is 33.4 Å². The van der Waals surface area contributed by atoms with Crippen LogP contribution in [0.3, 0.4) is 0 Å². The predicted molar refractivity (Wildman–Crippen MR) is 113 cm³/mol. The van der Waals surface area contributed by atoms with Crippen molar-refractivity contribution in [3.05, 3.63) is 59.7 Å². The fraction of sp³-hybridized carbons (Fsp3) is 0.150. The van der Waals surface area contributed by atoms with Crippen molar-refractivity contribution < 1.29 is 4.79 Å². The van der Waals surface area contributed by atoms with Gasteiger partial charge in [-0.05, 0) is 37.1 Å². The van der Waals surface area contributed by atoms with Crippen LogP contribution in [0.15, 0.2) is 53.7 Å². The zero-order valence-electron chi connectivity index (χ0n) is 15.6. The van der Waals surface area contributed by atoms with Crippen molar-refractivity contribution in [1.29, 1.82) is 0 Å². The minimum Gasteiger partial charge on any atom is -0.352 e. The number of aromatic nitrogens is 4. The molecule has 4 rings (SSSR count). The molecule has 0 saturated carbocycles. The SMILES string of the molecule is Cc1cccc(C)c1NC(=O)CSc1nnc(-c2cc3ccccc3[nH]2)n1N. The van der Waals surface area contributed by atoms with E-state index in [4.69, 9.17) is 5.84 Å². The third kappa shape index (κ3) is 3.46. The Labute approximate surface area is 166 Å². The number of fused-ring (bicyclic) bond motifs is 1. The lowest BCUT2D eigenvalue weighted by molar-refractivity contribution is -0.113. The molecule has 0 atom stereocenters.